The molecule has 1 unspecified atom stereocenters. The zero-order chi connectivity index (χ0) is 16.3. The number of carbonyl (C=O) groups is 1. The summed E-state index contributed by atoms with van der Waals surface area (Å²) < 4.78 is 24.0. The molecule has 0 bridgehead atoms. The Kier molecular flexibility index (Phi) is 5.32. The van der Waals surface area contributed by atoms with Gasteiger partial charge < -0.3 is 11.1 Å². The number of nitrogens with two attached hydrogens (primary N) is 2. The molecule has 6 N–H and O–H groups in total. The first-order chi connectivity index (χ1) is 9.47. The van der Waals surface area contributed by atoms with Gasteiger partial charge in [-0.1, -0.05) is 26.8 Å². The largest absolute Gasteiger partial charge is 0.327 e. The van der Waals surface area contributed by atoms with E-state index >= 15 is 0 Å². The molecule has 0 radical (unpaired) electrons. The second kappa shape index (κ2) is 6.42. The number of rotatable bonds is 5. The minimum Gasteiger partial charge on any atom is -0.327 e. The van der Waals surface area contributed by atoms with E-state index in [1.54, 1.807) is 12.1 Å². The summed E-state index contributed by atoms with van der Waals surface area (Å²) in [6.45, 7) is 5.88. The normalized spacial score (nSPS) is 13.6. The molecule has 0 aliphatic rings. The van der Waals surface area contributed by atoms with E-state index in [9.17, 15) is 13.2 Å². The van der Waals surface area contributed by atoms with E-state index < -0.39 is 10.2 Å². The van der Waals surface area contributed by atoms with Crippen LogP contribution in [0.5, 0.6) is 0 Å². The molecular weight excluding hydrogens is 292 g/mol. The molecule has 0 aliphatic carbocycles. The van der Waals surface area contributed by atoms with Crippen LogP contribution in [-0.2, 0) is 15.0 Å². The molecule has 118 valence electrons. The fourth-order valence-corrected chi connectivity index (χ4v) is 2.00. The van der Waals surface area contributed by atoms with Crippen LogP contribution in [0, 0.1) is 5.41 Å². The molecule has 8 heteroatoms. The van der Waals surface area contributed by atoms with Gasteiger partial charge in [-0.15, -0.1) is 0 Å². The van der Waals surface area contributed by atoms with Crippen molar-refractivity contribution in [2.75, 3.05) is 10.0 Å². The summed E-state index contributed by atoms with van der Waals surface area (Å²) in [5, 5.41) is 7.57. The van der Waals surface area contributed by atoms with Gasteiger partial charge in [-0.2, -0.15) is 8.42 Å². The molecule has 1 amide bonds. The lowest BCUT2D eigenvalue weighted by molar-refractivity contribution is -0.117. The van der Waals surface area contributed by atoms with Crippen LogP contribution in [0.25, 0.3) is 0 Å². The summed E-state index contributed by atoms with van der Waals surface area (Å²) in [5.74, 6) is -0.231. The lowest BCUT2D eigenvalue weighted by Crippen LogP contribution is -2.38. The molecule has 1 aromatic rings. The van der Waals surface area contributed by atoms with Crippen LogP contribution in [0.3, 0.4) is 0 Å². The Morgan fingerprint density at radius 1 is 1.29 bits per heavy atom. The summed E-state index contributed by atoms with van der Waals surface area (Å²) >= 11 is 0. The molecule has 0 heterocycles. The highest BCUT2D eigenvalue weighted by atomic mass is 32.2. The van der Waals surface area contributed by atoms with Crippen molar-refractivity contribution in [3.05, 3.63) is 24.3 Å². The van der Waals surface area contributed by atoms with Crippen molar-refractivity contribution in [1.82, 2.24) is 0 Å². The Hall–Kier alpha value is -1.64. The minimum absolute atomic E-state index is 0.172. The highest BCUT2D eigenvalue weighted by Gasteiger charge is 2.23. The van der Waals surface area contributed by atoms with Crippen molar-refractivity contribution in [3.63, 3.8) is 0 Å². The number of amides is 1. The maximum atomic E-state index is 11.9. The molecule has 0 fully saturated rings. The third-order valence-electron chi connectivity index (χ3n) is 2.92. The van der Waals surface area contributed by atoms with Crippen molar-refractivity contribution in [1.29, 1.82) is 0 Å². The van der Waals surface area contributed by atoms with E-state index in [-0.39, 0.29) is 29.5 Å². The summed E-state index contributed by atoms with van der Waals surface area (Å²) in [4.78, 5) is 11.9. The zero-order valence-corrected chi connectivity index (χ0v) is 13.2. The van der Waals surface area contributed by atoms with Gasteiger partial charge in [-0.05, 0) is 23.6 Å². The van der Waals surface area contributed by atoms with Crippen LogP contribution < -0.4 is 20.9 Å². The zero-order valence-electron chi connectivity index (χ0n) is 12.4. The van der Waals surface area contributed by atoms with Crippen molar-refractivity contribution in [3.8, 4) is 0 Å². The van der Waals surface area contributed by atoms with Gasteiger partial charge in [0.25, 0.3) is 10.2 Å². The van der Waals surface area contributed by atoms with Gasteiger partial charge in [-0.25, -0.2) is 5.14 Å². The Balaban J connectivity index is 2.71. The Morgan fingerprint density at radius 3 is 2.38 bits per heavy atom. The van der Waals surface area contributed by atoms with Gasteiger partial charge in [0, 0.05) is 18.2 Å². The van der Waals surface area contributed by atoms with E-state index in [4.69, 9.17) is 10.9 Å². The van der Waals surface area contributed by atoms with Crippen LogP contribution in [0.1, 0.15) is 27.2 Å². The van der Waals surface area contributed by atoms with E-state index in [2.05, 4.69) is 10.0 Å². The van der Waals surface area contributed by atoms with Crippen molar-refractivity contribution in [2.24, 2.45) is 16.3 Å². The van der Waals surface area contributed by atoms with Crippen LogP contribution in [0.4, 0.5) is 11.4 Å². The SMILES string of the molecule is CC(C)(C)C(N)CC(=O)Nc1cccc(NS(N)(=O)=O)c1. The smallest absolute Gasteiger partial charge is 0.296 e. The average molecular weight is 314 g/mol. The Morgan fingerprint density at radius 2 is 1.86 bits per heavy atom. The number of hydrogen-bond acceptors (Lipinski definition) is 4. The van der Waals surface area contributed by atoms with E-state index in [0.29, 0.717) is 5.69 Å². The molecule has 7 nitrogen and oxygen atoms in total. The summed E-state index contributed by atoms with van der Waals surface area (Å²) in [7, 11) is -3.84. The lowest BCUT2D eigenvalue weighted by Gasteiger charge is -2.26. The maximum absolute atomic E-state index is 11.9. The lowest BCUT2D eigenvalue weighted by atomic mass is 9.85. The van der Waals surface area contributed by atoms with Crippen LogP contribution >= 0.6 is 0 Å². The second-order valence-corrected chi connectivity index (χ2v) is 7.25. The first kappa shape index (κ1) is 17.4. The van der Waals surface area contributed by atoms with E-state index in [0.717, 1.165) is 0 Å². The van der Waals surface area contributed by atoms with Crippen LogP contribution in [0.2, 0.25) is 0 Å². The summed E-state index contributed by atoms with van der Waals surface area (Å²) in [6, 6.07) is 5.98. The standard InChI is InChI=1S/C13H22N4O3S/c1-13(2,3)11(14)8-12(18)16-9-5-4-6-10(7-9)17-21(15,19)20/h4-7,11,17H,8,14H2,1-3H3,(H,16,18)(H2,15,19,20). The first-order valence-corrected chi connectivity index (χ1v) is 7.98. The fourth-order valence-electron chi connectivity index (χ4n) is 1.54. The highest BCUT2D eigenvalue weighted by Crippen LogP contribution is 2.21. The van der Waals surface area contributed by atoms with Crippen LogP contribution in [0.15, 0.2) is 24.3 Å². The van der Waals surface area contributed by atoms with Gasteiger partial charge in [0.2, 0.25) is 5.91 Å². The molecule has 0 aliphatic heterocycles. The maximum Gasteiger partial charge on any atom is 0.296 e. The van der Waals surface area contributed by atoms with E-state index in [1.807, 2.05) is 20.8 Å². The minimum atomic E-state index is -3.84. The Labute approximate surface area is 125 Å². The van der Waals surface area contributed by atoms with Gasteiger partial charge in [-0.3, -0.25) is 9.52 Å². The summed E-state index contributed by atoms with van der Waals surface area (Å²) in [6.07, 6.45) is 0.177. The van der Waals surface area contributed by atoms with Gasteiger partial charge in [0.05, 0.1) is 5.69 Å². The fraction of sp³-hybridized carbons (Fsp3) is 0.462. The number of hydrogen-bond donors (Lipinski definition) is 4. The number of anilines is 2. The topological polar surface area (TPSA) is 127 Å². The monoisotopic (exact) mass is 314 g/mol. The van der Waals surface area contributed by atoms with E-state index in [1.165, 1.54) is 12.1 Å². The van der Waals surface area contributed by atoms with Gasteiger partial charge in [0.15, 0.2) is 0 Å². The predicted molar refractivity (Wildman–Crippen MR) is 83.8 cm³/mol. The number of benzene rings is 1. The molecule has 21 heavy (non-hydrogen) atoms. The first-order valence-electron chi connectivity index (χ1n) is 6.43. The molecule has 0 saturated carbocycles. The predicted octanol–water partition coefficient (Wildman–Crippen LogP) is 1.00. The molecule has 1 rings (SSSR count). The molecular formula is C13H22N4O3S. The highest BCUT2D eigenvalue weighted by molar-refractivity contribution is 7.90. The van der Waals surface area contributed by atoms with Gasteiger partial charge in [0.1, 0.15) is 0 Å². The van der Waals surface area contributed by atoms with Crippen molar-refractivity contribution < 1.29 is 13.2 Å². The third-order valence-corrected chi connectivity index (χ3v) is 3.44. The van der Waals surface area contributed by atoms with Crippen molar-refractivity contribution in [2.45, 2.75) is 33.2 Å². The third kappa shape index (κ3) is 6.56. The van der Waals surface area contributed by atoms with Crippen molar-refractivity contribution >= 4 is 27.5 Å². The molecule has 0 aromatic heterocycles. The molecule has 0 spiro atoms. The molecule has 1 aromatic carbocycles. The molecule has 0 saturated heterocycles. The second-order valence-electron chi connectivity index (χ2n) is 5.95. The number of nitrogens with one attached hydrogen (secondary N) is 2. The summed E-state index contributed by atoms with van der Waals surface area (Å²) in [5.41, 5.74) is 6.52. The Bertz CT molecular complexity index is 608. The number of carbonyl (C=O) groups excluding carboxylic acids is 1. The van der Waals surface area contributed by atoms with Gasteiger partial charge >= 0.3 is 0 Å². The van der Waals surface area contributed by atoms with Crippen LogP contribution in [-0.4, -0.2) is 20.4 Å². The molecule has 1 atom stereocenters. The quantitative estimate of drug-likeness (QED) is 0.646. The average Bonchev–Trinajstić information content (AvgIpc) is 2.25.